The van der Waals surface area contributed by atoms with Crippen LogP contribution in [0.25, 0.3) is 10.9 Å². The Labute approximate surface area is 151 Å². The zero-order chi connectivity index (χ0) is 18.9. The molecule has 1 fully saturated rings. The number of H-pyrrole nitrogens is 1. The first-order valence-electron chi connectivity index (χ1n) is 8.47. The van der Waals surface area contributed by atoms with Crippen LogP contribution in [-0.4, -0.2) is 65.6 Å². The van der Waals surface area contributed by atoms with Crippen LogP contribution in [0.1, 0.15) is 30.8 Å². The van der Waals surface area contributed by atoms with Crippen LogP contribution in [0.5, 0.6) is 0 Å². The van der Waals surface area contributed by atoms with E-state index in [1.165, 1.54) is 11.8 Å². The number of aromatic nitrogens is 2. The molecule has 1 aliphatic heterocycles. The minimum Gasteiger partial charge on any atom is -0.448 e. The van der Waals surface area contributed by atoms with Crippen LogP contribution in [-0.2, 0) is 19.4 Å². The molecule has 1 aliphatic rings. The molecule has 1 amide bonds. The standard InChI is InChI=1S/C17H21N3O5S/c1-3-20(12-8-9-26(23,24)10-12)16(21)11(2)25-17(22)15-13-6-4-5-7-14(13)18-19-15/h4-7,11-12H,3,8-10H2,1-2H3,(H,18,19)/t11-,12-/m0/s1. The summed E-state index contributed by atoms with van der Waals surface area (Å²) in [5.41, 5.74) is 0.816. The fourth-order valence-corrected chi connectivity index (χ4v) is 4.97. The molecule has 0 radical (unpaired) electrons. The molecular formula is C17H21N3O5S. The monoisotopic (exact) mass is 379 g/mol. The number of hydrogen-bond donors (Lipinski definition) is 1. The van der Waals surface area contributed by atoms with Crippen molar-refractivity contribution in [3.8, 4) is 0 Å². The van der Waals surface area contributed by atoms with E-state index in [-0.39, 0.29) is 23.2 Å². The van der Waals surface area contributed by atoms with Crippen LogP contribution < -0.4 is 0 Å². The SMILES string of the molecule is CCN(C(=O)[C@H](C)OC(=O)c1n[nH]c2ccccc12)[C@H]1CCS(=O)(=O)C1. The van der Waals surface area contributed by atoms with E-state index in [0.29, 0.717) is 23.9 Å². The minimum atomic E-state index is -3.11. The quantitative estimate of drug-likeness (QED) is 0.781. The normalized spacial score (nSPS) is 20.0. The molecule has 0 aliphatic carbocycles. The Morgan fingerprint density at radius 2 is 2.12 bits per heavy atom. The molecule has 1 N–H and O–H groups in total. The van der Waals surface area contributed by atoms with Crippen molar-refractivity contribution in [2.45, 2.75) is 32.4 Å². The number of amides is 1. The average Bonchev–Trinajstić information content (AvgIpc) is 3.18. The molecule has 0 saturated carbocycles. The number of esters is 1. The maximum absolute atomic E-state index is 12.7. The summed E-state index contributed by atoms with van der Waals surface area (Å²) in [6.07, 6.45) is -0.617. The van der Waals surface area contributed by atoms with E-state index in [2.05, 4.69) is 10.2 Å². The largest absolute Gasteiger partial charge is 0.448 e. The van der Waals surface area contributed by atoms with E-state index in [0.717, 1.165) is 0 Å². The van der Waals surface area contributed by atoms with Gasteiger partial charge in [-0.15, -0.1) is 0 Å². The highest BCUT2D eigenvalue weighted by atomic mass is 32.2. The number of nitrogens with one attached hydrogen (secondary N) is 1. The molecule has 3 rings (SSSR count). The van der Waals surface area contributed by atoms with Gasteiger partial charge in [-0.3, -0.25) is 9.89 Å². The highest BCUT2D eigenvalue weighted by Gasteiger charge is 2.36. The summed E-state index contributed by atoms with van der Waals surface area (Å²) in [6, 6.07) is 6.75. The highest BCUT2D eigenvalue weighted by molar-refractivity contribution is 7.91. The van der Waals surface area contributed by atoms with Crippen molar-refractivity contribution in [3.63, 3.8) is 0 Å². The maximum atomic E-state index is 12.7. The first-order chi connectivity index (χ1) is 12.3. The second kappa shape index (κ2) is 7.06. The van der Waals surface area contributed by atoms with Crippen molar-refractivity contribution in [2.75, 3.05) is 18.1 Å². The highest BCUT2D eigenvalue weighted by Crippen LogP contribution is 2.20. The second-order valence-corrected chi connectivity index (χ2v) is 8.58. The van der Waals surface area contributed by atoms with Gasteiger partial charge >= 0.3 is 5.97 Å². The Bertz CT molecular complexity index is 937. The van der Waals surface area contributed by atoms with Gasteiger partial charge in [-0.25, -0.2) is 13.2 Å². The predicted molar refractivity (Wildman–Crippen MR) is 95.4 cm³/mol. The van der Waals surface area contributed by atoms with Crippen LogP contribution in [0.15, 0.2) is 24.3 Å². The van der Waals surface area contributed by atoms with Crippen LogP contribution in [0, 0.1) is 0 Å². The number of sulfone groups is 1. The molecule has 8 nitrogen and oxygen atoms in total. The minimum absolute atomic E-state index is 0.0444. The number of aromatic amines is 1. The first-order valence-corrected chi connectivity index (χ1v) is 10.3. The molecule has 1 aromatic heterocycles. The molecule has 0 unspecified atom stereocenters. The van der Waals surface area contributed by atoms with Crippen molar-refractivity contribution in [1.29, 1.82) is 0 Å². The summed E-state index contributed by atoms with van der Waals surface area (Å²) in [5.74, 6) is -1.06. The lowest BCUT2D eigenvalue weighted by Gasteiger charge is -2.29. The lowest BCUT2D eigenvalue weighted by molar-refractivity contribution is -0.141. The molecule has 0 spiro atoms. The summed E-state index contributed by atoms with van der Waals surface area (Å²) in [4.78, 5) is 26.5. The third kappa shape index (κ3) is 3.57. The number of para-hydroxylation sites is 1. The Morgan fingerprint density at radius 3 is 2.77 bits per heavy atom. The Hall–Kier alpha value is -2.42. The van der Waals surface area contributed by atoms with Crippen molar-refractivity contribution >= 4 is 32.6 Å². The molecule has 2 atom stereocenters. The topological polar surface area (TPSA) is 109 Å². The van der Waals surface area contributed by atoms with Gasteiger partial charge < -0.3 is 9.64 Å². The summed E-state index contributed by atoms with van der Waals surface area (Å²) < 4.78 is 28.6. The number of carbonyl (C=O) groups is 2. The summed E-state index contributed by atoms with van der Waals surface area (Å²) in [5, 5.41) is 7.33. The van der Waals surface area contributed by atoms with E-state index in [4.69, 9.17) is 4.74 Å². The third-order valence-corrected chi connectivity index (χ3v) is 6.32. The molecule has 1 aromatic carbocycles. The smallest absolute Gasteiger partial charge is 0.360 e. The van der Waals surface area contributed by atoms with Crippen LogP contribution in [0.3, 0.4) is 0 Å². The number of rotatable bonds is 5. The van der Waals surface area contributed by atoms with Gasteiger partial charge in [0.2, 0.25) is 0 Å². The molecule has 26 heavy (non-hydrogen) atoms. The number of ether oxygens (including phenoxy) is 1. The summed E-state index contributed by atoms with van der Waals surface area (Å²) >= 11 is 0. The first kappa shape index (κ1) is 18.4. The summed E-state index contributed by atoms with van der Waals surface area (Å²) in [7, 11) is -3.11. The van der Waals surface area contributed by atoms with Crippen molar-refractivity contribution in [3.05, 3.63) is 30.0 Å². The van der Waals surface area contributed by atoms with Crippen LogP contribution in [0.2, 0.25) is 0 Å². The number of benzene rings is 1. The fraction of sp³-hybridized carbons (Fsp3) is 0.471. The fourth-order valence-electron chi connectivity index (χ4n) is 3.23. The van der Waals surface area contributed by atoms with Gasteiger partial charge in [-0.1, -0.05) is 18.2 Å². The number of likely N-dealkylation sites (N-methyl/N-ethyl adjacent to an activating group) is 1. The molecular weight excluding hydrogens is 358 g/mol. The maximum Gasteiger partial charge on any atom is 0.360 e. The number of nitrogens with zero attached hydrogens (tertiary/aromatic N) is 2. The van der Waals surface area contributed by atoms with Crippen molar-refractivity contribution < 1.29 is 22.7 Å². The Balaban J connectivity index is 1.71. The number of hydrogen-bond acceptors (Lipinski definition) is 6. The van der Waals surface area contributed by atoms with E-state index in [1.807, 2.05) is 6.07 Å². The average molecular weight is 379 g/mol. The van der Waals surface area contributed by atoms with E-state index in [9.17, 15) is 18.0 Å². The van der Waals surface area contributed by atoms with Gasteiger partial charge in [0.1, 0.15) is 0 Å². The zero-order valence-corrected chi connectivity index (χ0v) is 15.5. The number of carbonyl (C=O) groups excluding carboxylic acids is 2. The van der Waals surface area contributed by atoms with Gasteiger partial charge in [-0.05, 0) is 26.3 Å². The van der Waals surface area contributed by atoms with Gasteiger partial charge in [0.15, 0.2) is 21.6 Å². The van der Waals surface area contributed by atoms with Crippen molar-refractivity contribution in [2.24, 2.45) is 0 Å². The lowest BCUT2D eigenvalue weighted by atomic mass is 10.2. The van der Waals surface area contributed by atoms with Gasteiger partial charge in [0.25, 0.3) is 5.91 Å². The molecule has 2 aromatic rings. The zero-order valence-electron chi connectivity index (χ0n) is 14.6. The van der Waals surface area contributed by atoms with Gasteiger partial charge in [0.05, 0.1) is 17.0 Å². The lowest BCUT2D eigenvalue weighted by Crippen LogP contribution is -2.46. The molecule has 9 heteroatoms. The van der Waals surface area contributed by atoms with E-state index >= 15 is 0 Å². The molecule has 0 bridgehead atoms. The molecule has 140 valence electrons. The second-order valence-electron chi connectivity index (χ2n) is 6.35. The van der Waals surface area contributed by atoms with Crippen LogP contribution >= 0.6 is 0 Å². The van der Waals surface area contributed by atoms with Crippen LogP contribution in [0.4, 0.5) is 0 Å². The molecule has 2 heterocycles. The Kier molecular flexibility index (Phi) is 4.99. The predicted octanol–water partition coefficient (Wildman–Crippen LogP) is 1.14. The summed E-state index contributed by atoms with van der Waals surface area (Å²) in [6.45, 7) is 3.62. The van der Waals surface area contributed by atoms with Gasteiger partial charge in [0, 0.05) is 18.0 Å². The Morgan fingerprint density at radius 1 is 1.38 bits per heavy atom. The van der Waals surface area contributed by atoms with E-state index in [1.54, 1.807) is 25.1 Å². The van der Waals surface area contributed by atoms with E-state index < -0.39 is 27.8 Å². The third-order valence-electron chi connectivity index (χ3n) is 4.57. The molecule has 1 saturated heterocycles. The number of fused-ring (bicyclic) bond motifs is 1. The van der Waals surface area contributed by atoms with Crippen molar-refractivity contribution in [1.82, 2.24) is 15.1 Å². The van der Waals surface area contributed by atoms with Gasteiger partial charge in [-0.2, -0.15) is 5.10 Å².